The molecule has 0 aliphatic rings. The van der Waals surface area contributed by atoms with Crippen molar-refractivity contribution < 1.29 is 19.2 Å². The van der Waals surface area contributed by atoms with Gasteiger partial charge in [0.1, 0.15) is 18.5 Å². The van der Waals surface area contributed by atoms with Crippen molar-refractivity contribution >= 4 is 28.6 Å². The molecule has 0 atom stereocenters. The van der Waals surface area contributed by atoms with Crippen LogP contribution >= 0.6 is 11.3 Å². The first-order valence-corrected chi connectivity index (χ1v) is 10.5. The number of amides is 1. The Morgan fingerprint density at radius 2 is 2.12 bits per heavy atom. The van der Waals surface area contributed by atoms with Crippen LogP contribution in [0.1, 0.15) is 16.1 Å². The fourth-order valence-corrected chi connectivity index (χ4v) is 3.64. The van der Waals surface area contributed by atoms with Crippen molar-refractivity contribution in [1.82, 2.24) is 19.7 Å². The Morgan fingerprint density at radius 1 is 1.27 bits per heavy atom. The number of nitrogens with zero attached hydrogens (tertiary/aromatic N) is 5. The second-order valence-electron chi connectivity index (χ2n) is 6.85. The summed E-state index contributed by atoms with van der Waals surface area (Å²) in [7, 11) is 3.19. The van der Waals surface area contributed by atoms with Crippen LogP contribution in [-0.4, -0.2) is 37.7 Å². The predicted molar refractivity (Wildman–Crippen MR) is 120 cm³/mol. The van der Waals surface area contributed by atoms with Gasteiger partial charge in [-0.05, 0) is 12.1 Å². The van der Waals surface area contributed by atoms with E-state index in [1.165, 1.54) is 30.6 Å². The van der Waals surface area contributed by atoms with Crippen LogP contribution in [0.2, 0.25) is 0 Å². The minimum Gasteiger partial charge on any atom is -0.493 e. The van der Waals surface area contributed by atoms with Gasteiger partial charge in [0, 0.05) is 29.7 Å². The van der Waals surface area contributed by atoms with Gasteiger partial charge in [0.2, 0.25) is 0 Å². The maximum absolute atomic E-state index is 13.0. The number of nitro groups is 1. The highest BCUT2D eigenvalue weighted by Crippen LogP contribution is 2.35. The lowest BCUT2D eigenvalue weighted by molar-refractivity contribution is -0.385. The molecule has 1 N–H and O–H groups in total. The van der Waals surface area contributed by atoms with E-state index in [0.717, 1.165) is 5.56 Å². The maximum atomic E-state index is 13.0. The van der Waals surface area contributed by atoms with Crippen molar-refractivity contribution in [2.24, 2.45) is 7.05 Å². The first-order chi connectivity index (χ1) is 16.0. The molecule has 0 bridgehead atoms. The van der Waals surface area contributed by atoms with E-state index < -0.39 is 16.5 Å². The summed E-state index contributed by atoms with van der Waals surface area (Å²) in [5, 5.41) is 24.1. The molecule has 11 nitrogen and oxygen atoms in total. The number of rotatable bonds is 8. The van der Waals surface area contributed by atoms with Gasteiger partial charge >= 0.3 is 0 Å². The van der Waals surface area contributed by atoms with Gasteiger partial charge in [0.15, 0.2) is 17.3 Å². The molecule has 0 saturated heterocycles. The topological polar surface area (TPSA) is 134 Å². The summed E-state index contributed by atoms with van der Waals surface area (Å²) in [6.45, 7) is 0.109. The summed E-state index contributed by atoms with van der Waals surface area (Å²) < 4.78 is 12.7. The number of hydrogen-bond donors (Lipinski definition) is 1. The molecule has 0 spiro atoms. The summed E-state index contributed by atoms with van der Waals surface area (Å²) in [6, 6.07) is 9.40. The number of aryl methyl sites for hydroxylation is 1. The molecule has 2 aromatic carbocycles. The smallest absolute Gasteiger partial charge is 0.286 e. The molecule has 0 unspecified atom stereocenters. The second-order valence-corrected chi connectivity index (χ2v) is 7.56. The molecule has 33 heavy (non-hydrogen) atoms. The molecular weight excluding hydrogens is 448 g/mol. The number of thiazole rings is 1. The largest absolute Gasteiger partial charge is 0.493 e. The lowest BCUT2D eigenvalue weighted by Gasteiger charge is -2.13. The van der Waals surface area contributed by atoms with Crippen LogP contribution in [0.5, 0.6) is 11.5 Å². The SMILES string of the molecule is COc1cc(C(=O)Nc2cccc(-c3nncn3C)c2)c([N+](=O)[O-])cc1OCc1cscn1. The van der Waals surface area contributed by atoms with Crippen molar-refractivity contribution in [2.75, 3.05) is 12.4 Å². The zero-order valence-corrected chi connectivity index (χ0v) is 18.4. The van der Waals surface area contributed by atoms with Crippen LogP contribution < -0.4 is 14.8 Å². The fraction of sp³-hybridized carbons (Fsp3) is 0.143. The predicted octanol–water partition coefficient (Wildman–Crippen LogP) is 3.69. The lowest BCUT2D eigenvalue weighted by atomic mass is 10.1. The number of anilines is 1. The summed E-state index contributed by atoms with van der Waals surface area (Å²) in [6.07, 6.45) is 1.56. The standard InChI is InChI=1S/C21H18N6O5S/c1-26-11-23-25-20(26)13-4-3-5-14(6-13)24-21(28)16-7-18(31-2)19(8-17(16)27(29)30)32-9-15-10-33-12-22-15/h3-8,10-12H,9H2,1-2H3,(H,24,28). The number of hydrogen-bond acceptors (Lipinski definition) is 9. The molecule has 12 heteroatoms. The van der Waals surface area contributed by atoms with Crippen LogP contribution in [0.15, 0.2) is 53.6 Å². The Balaban J connectivity index is 1.61. The Kier molecular flexibility index (Phi) is 6.26. The summed E-state index contributed by atoms with van der Waals surface area (Å²) in [5.41, 5.74) is 2.93. The van der Waals surface area contributed by atoms with Crippen LogP contribution in [0.25, 0.3) is 11.4 Å². The molecule has 0 aliphatic carbocycles. The van der Waals surface area contributed by atoms with E-state index in [9.17, 15) is 14.9 Å². The van der Waals surface area contributed by atoms with E-state index in [1.807, 2.05) is 6.07 Å². The van der Waals surface area contributed by atoms with E-state index in [0.29, 0.717) is 17.2 Å². The lowest BCUT2D eigenvalue weighted by Crippen LogP contribution is -2.14. The van der Waals surface area contributed by atoms with Crippen molar-refractivity contribution in [2.45, 2.75) is 6.61 Å². The third kappa shape index (κ3) is 4.80. The Labute approximate surface area is 191 Å². The number of nitro benzene ring substituents is 1. The van der Waals surface area contributed by atoms with Gasteiger partial charge in [-0.15, -0.1) is 21.5 Å². The minimum atomic E-state index is -0.666. The van der Waals surface area contributed by atoms with Gasteiger partial charge in [-0.1, -0.05) is 12.1 Å². The highest BCUT2D eigenvalue weighted by molar-refractivity contribution is 7.07. The molecule has 0 saturated carbocycles. The normalized spacial score (nSPS) is 10.6. The van der Waals surface area contributed by atoms with Gasteiger partial charge in [-0.25, -0.2) is 4.98 Å². The van der Waals surface area contributed by atoms with Gasteiger partial charge in [0.05, 0.1) is 29.3 Å². The fourth-order valence-electron chi connectivity index (χ4n) is 3.09. The van der Waals surface area contributed by atoms with Crippen molar-refractivity contribution in [3.05, 3.63) is 75.0 Å². The van der Waals surface area contributed by atoms with Crippen molar-refractivity contribution in [3.63, 3.8) is 0 Å². The number of benzene rings is 2. The molecule has 168 valence electrons. The van der Waals surface area contributed by atoms with E-state index in [4.69, 9.17) is 9.47 Å². The number of methoxy groups -OCH3 is 1. The Morgan fingerprint density at radius 3 is 2.79 bits per heavy atom. The first kappa shape index (κ1) is 21.9. The molecule has 0 radical (unpaired) electrons. The molecule has 2 aromatic heterocycles. The van der Waals surface area contributed by atoms with Gasteiger partial charge < -0.3 is 19.4 Å². The third-order valence-electron chi connectivity index (χ3n) is 4.67. The first-order valence-electron chi connectivity index (χ1n) is 9.58. The molecule has 4 aromatic rings. The quantitative estimate of drug-likeness (QED) is 0.307. The van der Waals surface area contributed by atoms with Crippen molar-refractivity contribution in [3.8, 4) is 22.9 Å². The molecule has 2 heterocycles. The second kappa shape index (κ2) is 9.44. The Bertz CT molecular complexity index is 1300. The average molecular weight is 466 g/mol. The average Bonchev–Trinajstić information content (AvgIpc) is 3.48. The van der Waals surface area contributed by atoms with Crippen LogP contribution in [0.4, 0.5) is 11.4 Å². The van der Waals surface area contributed by atoms with Crippen LogP contribution in [0.3, 0.4) is 0 Å². The van der Waals surface area contributed by atoms with E-state index in [1.54, 1.807) is 47.0 Å². The third-order valence-corrected chi connectivity index (χ3v) is 5.31. The van der Waals surface area contributed by atoms with Crippen LogP contribution in [-0.2, 0) is 13.7 Å². The molecule has 0 aliphatic heterocycles. The molecule has 0 fully saturated rings. The van der Waals surface area contributed by atoms with E-state index in [2.05, 4.69) is 20.5 Å². The molecule has 4 rings (SSSR count). The summed E-state index contributed by atoms with van der Waals surface area (Å²) >= 11 is 1.41. The van der Waals surface area contributed by atoms with Crippen LogP contribution in [0, 0.1) is 10.1 Å². The Hall–Kier alpha value is -4.32. The number of nitrogens with one attached hydrogen (secondary N) is 1. The van der Waals surface area contributed by atoms with Gasteiger partial charge in [-0.2, -0.15) is 0 Å². The molecule has 1 amide bonds. The summed E-state index contributed by atoms with van der Waals surface area (Å²) in [4.78, 5) is 28.2. The zero-order valence-electron chi connectivity index (χ0n) is 17.6. The number of carbonyl (C=O) groups excluding carboxylic acids is 1. The highest BCUT2D eigenvalue weighted by atomic mass is 32.1. The summed E-state index contributed by atoms with van der Waals surface area (Å²) in [5.74, 6) is 0.272. The van der Waals surface area contributed by atoms with Gasteiger partial charge in [0.25, 0.3) is 11.6 Å². The molecular formula is C21H18N6O5S. The van der Waals surface area contributed by atoms with E-state index in [-0.39, 0.29) is 23.7 Å². The minimum absolute atomic E-state index is 0.109. The zero-order chi connectivity index (χ0) is 23.4. The monoisotopic (exact) mass is 466 g/mol. The number of carbonyl (C=O) groups is 1. The van der Waals surface area contributed by atoms with E-state index >= 15 is 0 Å². The van der Waals surface area contributed by atoms with Crippen molar-refractivity contribution in [1.29, 1.82) is 0 Å². The van der Waals surface area contributed by atoms with Gasteiger partial charge in [-0.3, -0.25) is 14.9 Å². The maximum Gasteiger partial charge on any atom is 0.286 e. The number of ether oxygens (including phenoxy) is 2. The number of aromatic nitrogens is 4. The highest BCUT2D eigenvalue weighted by Gasteiger charge is 2.25.